The Bertz CT molecular complexity index is 455. The lowest BCUT2D eigenvalue weighted by molar-refractivity contribution is 0.322. The molecule has 0 spiro atoms. The summed E-state index contributed by atoms with van der Waals surface area (Å²) in [5.41, 5.74) is 2.62. The minimum atomic E-state index is 0.580. The molecule has 0 saturated heterocycles. The second kappa shape index (κ2) is 6.69. The fourth-order valence-corrected chi connectivity index (χ4v) is 2.01. The third-order valence-corrected chi connectivity index (χ3v) is 2.98. The summed E-state index contributed by atoms with van der Waals surface area (Å²) in [7, 11) is 0. The first-order valence-electron chi connectivity index (χ1n) is 6.26. The summed E-state index contributed by atoms with van der Waals surface area (Å²) >= 11 is 0. The minimum absolute atomic E-state index is 0.580. The maximum Gasteiger partial charge on any atom is 0.114 e. The molecule has 0 radical (unpaired) electrons. The zero-order chi connectivity index (χ0) is 12.6. The number of hydrogen-bond acceptors (Lipinski definition) is 4. The number of oxime groups is 1. The van der Waals surface area contributed by atoms with E-state index < -0.39 is 0 Å². The normalized spacial score (nSPS) is 17.1. The van der Waals surface area contributed by atoms with Gasteiger partial charge in [-0.25, -0.2) is 0 Å². The van der Waals surface area contributed by atoms with E-state index in [9.17, 15) is 0 Å². The highest BCUT2D eigenvalue weighted by molar-refractivity contribution is 6.38. The molecule has 18 heavy (non-hydrogen) atoms. The van der Waals surface area contributed by atoms with Gasteiger partial charge >= 0.3 is 0 Å². The number of hydrogen-bond donors (Lipinski definition) is 1. The first-order valence-corrected chi connectivity index (χ1v) is 6.26. The molecule has 1 aliphatic rings. The van der Waals surface area contributed by atoms with E-state index in [-0.39, 0.29) is 0 Å². The topological polar surface area (TPSA) is 57.3 Å². The van der Waals surface area contributed by atoms with E-state index in [0.29, 0.717) is 5.71 Å². The molecule has 0 amide bonds. The Hall–Kier alpha value is -1.97. The highest BCUT2D eigenvalue weighted by atomic mass is 16.4. The Morgan fingerprint density at radius 3 is 2.44 bits per heavy atom. The van der Waals surface area contributed by atoms with Crippen LogP contribution in [0.15, 0.2) is 45.7 Å². The van der Waals surface area contributed by atoms with Gasteiger partial charge in [0.05, 0.1) is 6.21 Å². The van der Waals surface area contributed by atoms with Crippen molar-refractivity contribution in [1.82, 2.24) is 0 Å². The quantitative estimate of drug-likeness (QED) is 0.494. The van der Waals surface area contributed by atoms with Gasteiger partial charge in [0, 0.05) is 11.3 Å². The van der Waals surface area contributed by atoms with Crippen molar-refractivity contribution in [3.63, 3.8) is 0 Å². The van der Waals surface area contributed by atoms with Gasteiger partial charge in [-0.1, -0.05) is 41.9 Å². The van der Waals surface area contributed by atoms with Gasteiger partial charge < -0.3 is 5.21 Å². The van der Waals surface area contributed by atoms with Gasteiger partial charge in [0.1, 0.15) is 5.71 Å². The Balaban J connectivity index is 2.19. The first kappa shape index (κ1) is 12.5. The Kier molecular flexibility index (Phi) is 4.64. The summed E-state index contributed by atoms with van der Waals surface area (Å²) < 4.78 is 0. The fourth-order valence-electron chi connectivity index (χ4n) is 2.01. The van der Waals surface area contributed by atoms with Gasteiger partial charge in [-0.3, -0.25) is 0 Å². The molecule has 1 N–H and O–H groups in total. The monoisotopic (exact) mass is 243 g/mol. The molecule has 2 rings (SSSR count). The van der Waals surface area contributed by atoms with E-state index in [0.717, 1.165) is 24.1 Å². The average molecular weight is 243 g/mol. The SMILES string of the molecule is O/N=C/C(=N\N=C1CCCCC1)c1ccccc1. The second-order valence-corrected chi connectivity index (χ2v) is 4.32. The highest BCUT2D eigenvalue weighted by Crippen LogP contribution is 2.15. The van der Waals surface area contributed by atoms with Crippen LogP contribution < -0.4 is 0 Å². The van der Waals surface area contributed by atoms with Gasteiger partial charge in [-0.2, -0.15) is 5.10 Å². The summed E-state index contributed by atoms with van der Waals surface area (Å²) in [5, 5.41) is 20.2. The number of rotatable bonds is 3. The molecule has 4 nitrogen and oxygen atoms in total. The zero-order valence-corrected chi connectivity index (χ0v) is 10.3. The van der Waals surface area contributed by atoms with Gasteiger partial charge in [0.2, 0.25) is 0 Å². The van der Waals surface area contributed by atoms with Crippen molar-refractivity contribution in [3.8, 4) is 0 Å². The van der Waals surface area contributed by atoms with Gasteiger partial charge in [0.25, 0.3) is 0 Å². The lowest BCUT2D eigenvalue weighted by Gasteiger charge is -2.10. The van der Waals surface area contributed by atoms with Crippen LogP contribution in [0.4, 0.5) is 0 Å². The predicted molar refractivity (Wildman–Crippen MR) is 73.8 cm³/mol. The van der Waals surface area contributed by atoms with E-state index in [4.69, 9.17) is 5.21 Å². The number of benzene rings is 1. The molecule has 0 bridgehead atoms. The van der Waals surface area contributed by atoms with Crippen LogP contribution in [0.5, 0.6) is 0 Å². The molecule has 0 aromatic heterocycles. The van der Waals surface area contributed by atoms with Crippen molar-refractivity contribution in [2.24, 2.45) is 15.4 Å². The standard InChI is InChI=1S/C14H17N3O/c18-15-11-14(12-7-3-1-4-8-12)17-16-13-9-5-2-6-10-13/h1,3-4,7-8,11,18H,2,5-6,9-10H2/b15-11+,17-14+. The Morgan fingerprint density at radius 2 is 1.78 bits per heavy atom. The molecule has 1 aromatic carbocycles. The fraction of sp³-hybridized carbons (Fsp3) is 0.357. The molecule has 0 unspecified atom stereocenters. The molecule has 1 aromatic rings. The lowest BCUT2D eigenvalue weighted by Crippen LogP contribution is -2.06. The summed E-state index contributed by atoms with van der Waals surface area (Å²) in [6.45, 7) is 0. The van der Waals surface area contributed by atoms with Crippen LogP contribution in [0.3, 0.4) is 0 Å². The number of nitrogens with zero attached hydrogens (tertiary/aromatic N) is 3. The van der Waals surface area contributed by atoms with Gasteiger partial charge in [0.15, 0.2) is 0 Å². The van der Waals surface area contributed by atoms with Gasteiger partial charge in [-0.15, -0.1) is 5.10 Å². The molecule has 0 aliphatic heterocycles. The summed E-state index contributed by atoms with van der Waals surface area (Å²) in [5.74, 6) is 0. The van der Waals surface area contributed by atoms with Crippen LogP contribution >= 0.6 is 0 Å². The second-order valence-electron chi connectivity index (χ2n) is 4.32. The zero-order valence-electron chi connectivity index (χ0n) is 10.3. The van der Waals surface area contributed by atoms with Crippen molar-refractivity contribution < 1.29 is 5.21 Å². The molecular formula is C14H17N3O. The van der Waals surface area contributed by atoms with E-state index in [1.54, 1.807) is 0 Å². The minimum Gasteiger partial charge on any atom is -0.411 e. The average Bonchev–Trinajstić information content (AvgIpc) is 2.45. The molecule has 1 saturated carbocycles. The summed E-state index contributed by atoms with van der Waals surface area (Å²) in [6.07, 6.45) is 7.06. The third-order valence-electron chi connectivity index (χ3n) is 2.98. The highest BCUT2D eigenvalue weighted by Gasteiger charge is 2.06. The predicted octanol–water partition coefficient (Wildman–Crippen LogP) is 3.26. The van der Waals surface area contributed by atoms with Crippen LogP contribution in [0.2, 0.25) is 0 Å². The Labute approximate surface area is 107 Å². The van der Waals surface area contributed by atoms with Crippen LogP contribution in [-0.2, 0) is 0 Å². The first-order chi connectivity index (χ1) is 8.90. The maximum absolute atomic E-state index is 8.68. The summed E-state index contributed by atoms with van der Waals surface area (Å²) in [6, 6.07) is 9.61. The third kappa shape index (κ3) is 3.52. The van der Waals surface area contributed by atoms with Crippen LogP contribution in [0, 0.1) is 0 Å². The van der Waals surface area contributed by atoms with Crippen molar-refractivity contribution in [2.75, 3.05) is 0 Å². The van der Waals surface area contributed by atoms with Crippen molar-refractivity contribution in [2.45, 2.75) is 32.1 Å². The van der Waals surface area contributed by atoms with E-state index in [1.165, 1.54) is 25.5 Å². The molecule has 0 atom stereocenters. The van der Waals surface area contributed by atoms with Crippen molar-refractivity contribution >= 4 is 17.6 Å². The summed E-state index contributed by atoms with van der Waals surface area (Å²) in [4.78, 5) is 0. The maximum atomic E-state index is 8.68. The largest absolute Gasteiger partial charge is 0.411 e. The Morgan fingerprint density at radius 1 is 1.06 bits per heavy atom. The van der Waals surface area contributed by atoms with E-state index in [1.807, 2.05) is 30.3 Å². The smallest absolute Gasteiger partial charge is 0.114 e. The van der Waals surface area contributed by atoms with E-state index in [2.05, 4.69) is 15.4 Å². The van der Waals surface area contributed by atoms with E-state index >= 15 is 0 Å². The van der Waals surface area contributed by atoms with Crippen molar-refractivity contribution in [3.05, 3.63) is 35.9 Å². The van der Waals surface area contributed by atoms with Gasteiger partial charge in [-0.05, 0) is 25.7 Å². The van der Waals surface area contributed by atoms with Crippen LogP contribution in [-0.4, -0.2) is 22.8 Å². The van der Waals surface area contributed by atoms with Crippen molar-refractivity contribution in [1.29, 1.82) is 0 Å². The van der Waals surface area contributed by atoms with Crippen LogP contribution in [0.1, 0.15) is 37.7 Å². The molecule has 4 heteroatoms. The molecule has 94 valence electrons. The molecule has 1 aliphatic carbocycles. The molecular weight excluding hydrogens is 226 g/mol. The molecule has 1 fully saturated rings. The lowest BCUT2D eigenvalue weighted by atomic mass is 9.99. The van der Waals surface area contributed by atoms with Crippen LogP contribution in [0.25, 0.3) is 0 Å². The molecule has 0 heterocycles.